The van der Waals surface area contributed by atoms with Gasteiger partial charge in [-0.15, -0.1) is 0 Å². The van der Waals surface area contributed by atoms with Crippen LogP contribution < -0.4 is 0 Å². The Morgan fingerprint density at radius 3 is 3.17 bits per heavy atom. The third-order valence-corrected chi connectivity index (χ3v) is 2.37. The highest BCUT2D eigenvalue weighted by molar-refractivity contribution is 5.17. The maximum absolute atomic E-state index is 5.09. The second-order valence-electron chi connectivity index (χ2n) is 3.31. The molecule has 1 unspecified atom stereocenters. The molecule has 0 bridgehead atoms. The Morgan fingerprint density at radius 1 is 1.58 bits per heavy atom. The monoisotopic (exact) mass is 163 g/mol. The van der Waals surface area contributed by atoms with Crippen molar-refractivity contribution in [1.82, 2.24) is 4.98 Å². The number of methoxy groups -OCH3 is 1. The largest absolute Gasteiger partial charge is 0.384 e. The maximum Gasteiger partial charge on any atom is 0.0497 e. The van der Waals surface area contributed by atoms with Crippen LogP contribution in [0.2, 0.25) is 0 Å². The van der Waals surface area contributed by atoms with Crippen molar-refractivity contribution in [2.45, 2.75) is 12.3 Å². The van der Waals surface area contributed by atoms with Gasteiger partial charge in [0.2, 0.25) is 0 Å². The number of aromatic nitrogens is 1. The molecule has 0 saturated heterocycles. The van der Waals surface area contributed by atoms with Crippen molar-refractivity contribution in [2.24, 2.45) is 5.92 Å². The minimum Gasteiger partial charge on any atom is -0.384 e. The Morgan fingerprint density at radius 2 is 2.50 bits per heavy atom. The molecule has 1 saturated carbocycles. The van der Waals surface area contributed by atoms with Gasteiger partial charge in [0.1, 0.15) is 0 Å². The molecule has 0 spiro atoms. The Bertz CT molecular complexity index is 247. The molecule has 0 N–H and O–H groups in total. The first-order valence-corrected chi connectivity index (χ1v) is 4.31. The Hall–Kier alpha value is -0.890. The molecule has 1 aliphatic carbocycles. The molecule has 0 radical (unpaired) electrons. The van der Waals surface area contributed by atoms with Gasteiger partial charge >= 0.3 is 0 Å². The molecule has 2 atom stereocenters. The lowest BCUT2D eigenvalue weighted by molar-refractivity contribution is 0.184. The molecule has 1 aromatic heterocycles. The number of nitrogens with zero attached hydrogens (tertiary/aromatic N) is 1. The Balaban J connectivity index is 1.97. The molecular weight excluding hydrogens is 150 g/mol. The van der Waals surface area contributed by atoms with E-state index in [1.54, 1.807) is 7.11 Å². The van der Waals surface area contributed by atoms with Gasteiger partial charge in [0, 0.05) is 31.5 Å². The molecule has 2 heteroatoms. The molecule has 2 rings (SSSR count). The standard InChI is InChI=1S/C10H13NO/c1-12-7-8-6-9(8)10-4-2-3-5-11-10/h2-5,8-9H,6-7H2,1H3/t8-,9?/m0/s1. The van der Waals surface area contributed by atoms with E-state index in [-0.39, 0.29) is 0 Å². The lowest BCUT2D eigenvalue weighted by Crippen LogP contribution is -1.93. The van der Waals surface area contributed by atoms with Gasteiger partial charge in [-0.1, -0.05) is 6.07 Å². The average Bonchev–Trinajstić information content (AvgIpc) is 2.87. The number of hydrogen-bond donors (Lipinski definition) is 0. The third-order valence-electron chi connectivity index (χ3n) is 2.37. The first kappa shape index (κ1) is 7.74. The molecule has 12 heavy (non-hydrogen) atoms. The van der Waals surface area contributed by atoms with Crippen molar-refractivity contribution in [3.05, 3.63) is 30.1 Å². The summed E-state index contributed by atoms with van der Waals surface area (Å²) in [5, 5.41) is 0. The van der Waals surface area contributed by atoms with Gasteiger partial charge in [-0.25, -0.2) is 0 Å². The summed E-state index contributed by atoms with van der Waals surface area (Å²) in [5.74, 6) is 1.37. The fourth-order valence-electron chi connectivity index (χ4n) is 1.60. The first-order valence-electron chi connectivity index (χ1n) is 4.31. The van der Waals surface area contributed by atoms with Crippen molar-refractivity contribution in [2.75, 3.05) is 13.7 Å². The second-order valence-corrected chi connectivity index (χ2v) is 3.31. The molecule has 1 fully saturated rings. The van der Waals surface area contributed by atoms with Crippen LogP contribution >= 0.6 is 0 Å². The van der Waals surface area contributed by atoms with Crippen molar-refractivity contribution >= 4 is 0 Å². The summed E-state index contributed by atoms with van der Waals surface area (Å²) in [6.07, 6.45) is 3.10. The normalized spacial score (nSPS) is 27.1. The van der Waals surface area contributed by atoms with Crippen LogP contribution in [-0.2, 0) is 4.74 Å². The van der Waals surface area contributed by atoms with E-state index in [0.29, 0.717) is 11.8 Å². The van der Waals surface area contributed by atoms with Gasteiger partial charge in [-0.05, 0) is 24.5 Å². The zero-order chi connectivity index (χ0) is 8.39. The maximum atomic E-state index is 5.09. The van der Waals surface area contributed by atoms with E-state index in [1.807, 2.05) is 18.3 Å². The zero-order valence-electron chi connectivity index (χ0n) is 7.23. The Kier molecular flexibility index (Phi) is 2.09. The van der Waals surface area contributed by atoms with Crippen molar-refractivity contribution < 1.29 is 4.74 Å². The molecule has 0 aromatic carbocycles. The predicted molar refractivity (Wildman–Crippen MR) is 47.0 cm³/mol. The highest BCUT2D eigenvalue weighted by Crippen LogP contribution is 2.46. The van der Waals surface area contributed by atoms with Gasteiger partial charge in [0.25, 0.3) is 0 Å². The molecule has 2 nitrogen and oxygen atoms in total. The van der Waals surface area contributed by atoms with E-state index in [0.717, 1.165) is 6.61 Å². The summed E-state index contributed by atoms with van der Waals surface area (Å²) < 4.78 is 5.09. The van der Waals surface area contributed by atoms with Crippen molar-refractivity contribution in [3.63, 3.8) is 0 Å². The van der Waals surface area contributed by atoms with E-state index < -0.39 is 0 Å². The van der Waals surface area contributed by atoms with Crippen LogP contribution in [-0.4, -0.2) is 18.7 Å². The van der Waals surface area contributed by atoms with Crippen LogP contribution in [0.5, 0.6) is 0 Å². The number of rotatable bonds is 3. The van der Waals surface area contributed by atoms with Gasteiger partial charge in [0.15, 0.2) is 0 Å². The quantitative estimate of drug-likeness (QED) is 0.678. The van der Waals surface area contributed by atoms with E-state index in [9.17, 15) is 0 Å². The van der Waals surface area contributed by atoms with Gasteiger partial charge in [-0.2, -0.15) is 0 Å². The van der Waals surface area contributed by atoms with Gasteiger partial charge < -0.3 is 4.74 Å². The average molecular weight is 163 g/mol. The van der Waals surface area contributed by atoms with E-state index in [4.69, 9.17) is 4.74 Å². The van der Waals surface area contributed by atoms with E-state index in [2.05, 4.69) is 11.1 Å². The van der Waals surface area contributed by atoms with E-state index in [1.165, 1.54) is 12.1 Å². The second kappa shape index (κ2) is 3.23. The van der Waals surface area contributed by atoms with Crippen LogP contribution in [0.15, 0.2) is 24.4 Å². The van der Waals surface area contributed by atoms with Crippen LogP contribution in [0.1, 0.15) is 18.0 Å². The predicted octanol–water partition coefficient (Wildman–Crippen LogP) is 1.83. The summed E-state index contributed by atoms with van der Waals surface area (Å²) in [7, 11) is 1.76. The number of pyridine rings is 1. The zero-order valence-corrected chi connectivity index (χ0v) is 7.23. The molecule has 1 heterocycles. The summed E-state index contributed by atoms with van der Waals surface area (Å²) in [5.41, 5.74) is 1.22. The topological polar surface area (TPSA) is 22.1 Å². The summed E-state index contributed by atoms with van der Waals surface area (Å²) in [6.45, 7) is 0.876. The SMILES string of the molecule is COC[C@@H]1CC1c1ccccn1. The number of ether oxygens (including phenoxy) is 1. The Labute approximate surface area is 72.6 Å². The summed E-state index contributed by atoms with van der Waals surface area (Å²) >= 11 is 0. The van der Waals surface area contributed by atoms with Crippen molar-refractivity contribution in [1.29, 1.82) is 0 Å². The molecule has 0 aliphatic heterocycles. The van der Waals surface area contributed by atoms with E-state index >= 15 is 0 Å². The first-order chi connectivity index (χ1) is 5.92. The summed E-state index contributed by atoms with van der Waals surface area (Å²) in [6, 6.07) is 6.10. The minimum absolute atomic E-state index is 0.658. The van der Waals surface area contributed by atoms with Crippen molar-refractivity contribution in [3.8, 4) is 0 Å². The fraction of sp³-hybridized carbons (Fsp3) is 0.500. The molecule has 1 aliphatic rings. The minimum atomic E-state index is 0.658. The van der Waals surface area contributed by atoms with Gasteiger partial charge in [-0.3, -0.25) is 4.98 Å². The molecule has 0 amide bonds. The lowest BCUT2D eigenvalue weighted by atomic mass is 10.2. The van der Waals surface area contributed by atoms with Crippen LogP contribution in [0.4, 0.5) is 0 Å². The lowest BCUT2D eigenvalue weighted by Gasteiger charge is -1.97. The highest BCUT2D eigenvalue weighted by Gasteiger charge is 2.38. The van der Waals surface area contributed by atoms with Gasteiger partial charge in [0.05, 0.1) is 0 Å². The van der Waals surface area contributed by atoms with Crippen LogP contribution in [0, 0.1) is 5.92 Å². The molecule has 1 aromatic rings. The third kappa shape index (κ3) is 1.48. The summed E-state index contributed by atoms with van der Waals surface area (Å²) in [4.78, 5) is 4.32. The highest BCUT2D eigenvalue weighted by atomic mass is 16.5. The smallest absolute Gasteiger partial charge is 0.0497 e. The molecular formula is C10H13NO. The number of hydrogen-bond acceptors (Lipinski definition) is 2. The molecule has 64 valence electrons. The van der Waals surface area contributed by atoms with Crippen LogP contribution in [0.25, 0.3) is 0 Å². The fourth-order valence-corrected chi connectivity index (χ4v) is 1.60. The van der Waals surface area contributed by atoms with Crippen LogP contribution in [0.3, 0.4) is 0 Å².